The number of carbonyl (C=O) groups is 2. The number of halogens is 1. The topological polar surface area (TPSA) is 80.2 Å². The van der Waals surface area contributed by atoms with Gasteiger partial charge < -0.3 is 15.2 Å². The SMILES string of the molecule is CNC(=O)c1cn(CCc2ccccc2)cc(C(=O)NC(C)c2ccc(F)cc2)c1=O. The Balaban J connectivity index is 1.87. The molecule has 7 heteroatoms. The number of hydrogen-bond acceptors (Lipinski definition) is 3. The summed E-state index contributed by atoms with van der Waals surface area (Å²) in [6, 6.07) is 15.1. The van der Waals surface area contributed by atoms with E-state index in [0.717, 1.165) is 5.56 Å². The van der Waals surface area contributed by atoms with Crippen molar-refractivity contribution in [2.45, 2.75) is 25.9 Å². The maximum atomic E-state index is 13.2. The van der Waals surface area contributed by atoms with Crippen LogP contribution in [-0.2, 0) is 13.0 Å². The van der Waals surface area contributed by atoms with Gasteiger partial charge in [0.15, 0.2) is 0 Å². The minimum Gasteiger partial charge on any atom is -0.355 e. The van der Waals surface area contributed by atoms with Gasteiger partial charge in [0.25, 0.3) is 11.8 Å². The van der Waals surface area contributed by atoms with Crippen LogP contribution in [0.5, 0.6) is 0 Å². The third-order valence-electron chi connectivity index (χ3n) is 5.01. The molecular weight excluding hydrogens is 397 g/mol. The van der Waals surface area contributed by atoms with E-state index in [4.69, 9.17) is 0 Å². The average Bonchev–Trinajstić information content (AvgIpc) is 2.78. The standard InChI is InChI=1S/C24H24FN3O3/c1-16(18-8-10-19(25)11-9-18)27-24(31)21-15-28(13-12-17-6-4-3-5-7-17)14-20(22(21)29)23(30)26-2/h3-11,14-16H,12-13H2,1-2H3,(H,26,30)(H,27,31). The maximum Gasteiger partial charge on any atom is 0.257 e. The van der Waals surface area contributed by atoms with Gasteiger partial charge in [0, 0.05) is 26.0 Å². The predicted octanol–water partition coefficient (Wildman–Crippen LogP) is 3.08. The summed E-state index contributed by atoms with van der Waals surface area (Å²) >= 11 is 0. The van der Waals surface area contributed by atoms with E-state index in [2.05, 4.69) is 10.6 Å². The van der Waals surface area contributed by atoms with E-state index in [1.165, 1.54) is 31.6 Å². The molecule has 31 heavy (non-hydrogen) atoms. The van der Waals surface area contributed by atoms with E-state index in [-0.39, 0.29) is 16.9 Å². The molecule has 0 fully saturated rings. The number of carbonyl (C=O) groups excluding carboxylic acids is 2. The second kappa shape index (κ2) is 9.84. The second-order valence-corrected chi connectivity index (χ2v) is 7.21. The number of hydrogen-bond donors (Lipinski definition) is 2. The van der Waals surface area contributed by atoms with Crippen molar-refractivity contribution in [3.8, 4) is 0 Å². The minimum atomic E-state index is -0.640. The minimum absolute atomic E-state index is 0.0994. The summed E-state index contributed by atoms with van der Waals surface area (Å²) in [6.07, 6.45) is 3.60. The van der Waals surface area contributed by atoms with E-state index >= 15 is 0 Å². The summed E-state index contributed by atoms with van der Waals surface area (Å²) in [6.45, 7) is 2.23. The van der Waals surface area contributed by atoms with Crippen molar-refractivity contribution in [1.82, 2.24) is 15.2 Å². The largest absolute Gasteiger partial charge is 0.355 e. The molecule has 2 amide bonds. The lowest BCUT2D eigenvalue weighted by Crippen LogP contribution is -2.35. The normalized spacial score (nSPS) is 11.6. The van der Waals surface area contributed by atoms with Crippen molar-refractivity contribution >= 4 is 11.8 Å². The Kier molecular flexibility index (Phi) is 6.97. The fourth-order valence-corrected chi connectivity index (χ4v) is 3.23. The number of benzene rings is 2. The van der Waals surface area contributed by atoms with Crippen LogP contribution in [-0.4, -0.2) is 23.4 Å². The van der Waals surface area contributed by atoms with E-state index in [1.807, 2.05) is 30.3 Å². The molecule has 0 aliphatic heterocycles. The zero-order valence-corrected chi connectivity index (χ0v) is 17.4. The van der Waals surface area contributed by atoms with Gasteiger partial charge in [-0.05, 0) is 36.6 Å². The van der Waals surface area contributed by atoms with Crippen LogP contribution in [0, 0.1) is 5.82 Å². The molecule has 2 N–H and O–H groups in total. The van der Waals surface area contributed by atoms with Crippen molar-refractivity contribution in [3.63, 3.8) is 0 Å². The monoisotopic (exact) mass is 421 g/mol. The molecule has 1 heterocycles. The number of nitrogens with zero attached hydrogens (tertiary/aromatic N) is 1. The van der Waals surface area contributed by atoms with Gasteiger partial charge in [0.2, 0.25) is 5.43 Å². The fraction of sp³-hybridized carbons (Fsp3) is 0.208. The molecule has 3 aromatic rings. The van der Waals surface area contributed by atoms with Gasteiger partial charge in [0.05, 0.1) is 6.04 Å². The third kappa shape index (κ3) is 5.45. The van der Waals surface area contributed by atoms with Gasteiger partial charge >= 0.3 is 0 Å². The molecule has 0 aliphatic carbocycles. The first-order valence-corrected chi connectivity index (χ1v) is 9.95. The molecule has 0 radical (unpaired) electrons. The van der Waals surface area contributed by atoms with Gasteiger partial charge in [-0.3, -0.25) is 14.4 Å². The second-order valence-electron chi connectivity index (χ2n) is 7.21. The number of amides is 2. The molecule has 6 nitrogen and oxygen atoms in total. The zero-order chi connectivity index (χ0) is 22.4. The Hall–Kier alpha value is -3.74. The highest BCUT2D eigenvalue weighted by molar-refractivity contribution is 5.99. The molecule has 160 valence electrons. The van der Waals surface area contributed by atoms with Crippen molar-refractivity contribution < 1.29 is 14.0 Å². The molecular formula is C24H24FN3O3. The Labute approximate surface area is 179 Å². The summed E-state index contributed by atoms with van der Waals surface area (Å²) in [7, 11) is 1.43. The van der Waals surface area contributed by atoms with Gasteiger partial charge in [-0.1, -0.05) is 42.5 Å². The lowest BCUT2D eigenvalue weighted by Gasteiger charge is -2.16. The van der Waals surface area contributed by atoms with Crippen LogP contribution in [0.1, 0.15) is 44.8 Å². The lowest BCUT2D eigenvalue weighted by molar-refractivity contribution is 0.0938. The van der Waals surface area contributed by atoms with Gasteiger partial charge in [-0.15, -0.1) is 0 Å². The zero-order valence-electron chi connectivity index (χ0n) is 17.4. The summed E-state index contributed by atoms with van der Waals surface area (Å²) in [4.78, 5) is 37.9. The molecule has 1 atom stereocenters. The van der Waals surface area contributed by atoms with Crippen molar-refractivity contribution in [2.24, 2.45) is 0 Å². The molecule has 1 unspecified atom stereocenters. The summed E-state index contributed by atoms with van der Waals surface area (Å²) in [5.41, 5.74) is 0.931. The van der Waals surface area contributed by atoms with E-state index in [9.17, 15) is 18.8 Å². The Morgan fingerprint density at radius 3 is 2.19 bits per heavy atom. The van der Waals surface area contributed by atoms with Crippen LogP contribution in [0.2, 0.25) is 0 Å². The summed E-state index contributed by atoms with van der Waals surface area (Å²) in [5.74, 6) is -1.53. The lowest BCUT2D eigenvalue weighted by atomic mass is 10.1. The highest BCUT2D eigenvalue weighted by Gasteiger charge is 2.20. The van der Waals surface area contributed by atoms with Gasteiger partial charge in [-0.2, -0.15) is 0 Å². The van der Waals surface area contributed by atoms with E-state index in [1.54, 1.807) is 23.6 Å². The first-order valence-electron chi connectivity index (χ1n) is 9.95. The van der Waals surface area contributed by atoms with Crippen LogP contribution in [0.25, 0.3) is 0 Å². The summed E-state index contributed by atoms with van der Waals surface area (Å²) in [5, 5.41) is 5.19. The molecule has 3 rings (SSSR count). The first kappa shape index (κ1) is 22.0. The molecule has 0 aliphatic rings. The predicted molar refractivity (Wildman–Crippen MR) is 117 cm³/mol. The molecule has 0 saturated carbocycles. The Morgan fingerprint density at radius 1 is 0.968 bits per heavy atom. The van der Waals surface area contributed by atoms with Crippen LogP contribution in [0.3, 0.4) is 0 Å². The molecule has 0 bridgehead atoms. The van der Waals surface area contributed by atoms with Crippen molar-refractivity contribution in [2.75, 3.05) is 7.05 Å². The average molecular weight is 421 g/mol. The third-order valence-corrected chi connectivity index (χ3v) is 5.01. The number of aromatic nitrogens is 1. The highest BCUT2D eigenvalue weighted by Crippen LogP contribution is 2.13. The van der Waals surface area contributed by atoms with Gasteiger partial charge in [0.1, 0.15) is 16.9 Å². The smallest absolute Gasteiger partial charge is 0.257 e. The molecule has 2 aromatic carbocycles. The highest BCUT2D eigenvalue weighted by atomic mass is 19.1. The summed E-state index contributed by atoms with van der Waals surface area (Å²) < 4.78 is 14.8. The number of nitrogens with one attached hydrogen (secondary N) is 2. The van der Waals surface area contributed by atoms with Crippen LogP contribution < -0.4 is 16.1 Å². The quantitative estimate of drug-likeness (QED) is 0.615. The maximum absolute atomic E-state index is 13.2. The molecule has 0 spiro atoms. The first-order chi connectivity index (χ1) is 14.9. The van der Waals surface area contributed by atoms with Gasteiger partial charge in [-0.25, -0.2) is 4.39 Å². The molecule has 0 saturated heterocycles. The number of aryl methyl sites for hydroxylation is 2. The van der Waals surface area contributed by atoms with Crippen molar-refractivity contribution in [1.29, 1.82) is 0 Å². The van der Waals surface area contributed by atoms with E-state index < -0.39 is 23.3 Å². The van der Waals surface area contributed by atoms with E-state index in [0.29, 0.717) is 18.5 Å². The van der Waals surface area contributed by atoms with Crippen LogP contribution in [0.15, 0.2) is 71.8 Å². The Bertz CT molecular complexity index is 1130. The number of rotatable bonds is 7. The Morgan fingerprint density at radius 2 is 1.58 bits per heavy atom. The fourth-order valence-electron chi connectivity index (χ4n) is 3.23. The van der Waals surface area contributed by atoms with Crippen LogP contribution >= 0.6 is 0 Å². The number of pyridine rings is 1. The van der Waals surface area contributed by atoms with Crippen molar-refractivity contribution in [3.05, 3.63) is 105 Å². The van der Waals surface area contributed by atoms with Crippen LogP contribution in [0.4, 0.5) is 4.39 Å². The molecule has 1 aromatic heterocycles.